The first-order valence-electron chi connectivity index (χ1n) is 9.74. The molecule has 0 aliphatic heterocycles. The third kappa shape index (κ3) is 19.1. The molecule has 0 amide bonds. The van der Waals surface area contributed by atoms with Crippen molar-refractivity contribution in [3.63, 3.8) is 0 Å². The van der Waals surface area contributed by atoms with Crippen LogP contribution in [0.15, 0.2) is 60.8 Å². The first-order valence-corrected chi connectivity index (χ1v) is 10.9. The van der Waals surface area contributed by atoms with Crippen molar-refractivity contribution in [2.75, 3.05) is 6.61 Å². The van der Waals surface area contributed by atoms with E-state index in [4.69, 9.17) is 9.42 Å². The number of allylic oxidation sites excluding steroid dienone is 10. The summed E-state index contributed by atoms with van der Waals surface area (Å²) in [7, 11) is -2.47. The smallest absolute Gasteiger partial charge is 0.133 e. The molecule has 0 bridgehead atoms. The molecule has 0 aromatic heterocycles. The molecular formula is C22H36O3P+. The standard InChI is InChI=1S/C22H35O3P/c1-3-5-6-7-8-9-10-11-12-13-14-15-16-17-18-19-20-22(4-2)21-25-26(23)24/h5-6,8-9,11-12,14-15,17-18,22H,3-4,7,10,13,16,19-21H2,1-2H3/p+1/b6-5-,9-8-,12-11-,15-14-,18-17-. The quantitative estimate of drug-likeness (QED) is 0.228. The van der Waals surface area contributed by atoms with Crippen molar-refractivity contribution in [1.82, 2.24) is 0 Å². The number of hydrogen-bond donors (Lipinski definition) is 1. The molecule has 2 unspecified atom stereocenters. The summed E-state index contributed by atoms with van der Waals surface area (Å²) in [4.78, 5) is 8.66. The molecule has 0 heterocycles. The lowest BCUT2D eigenvalue weighted by molar-refractivity contribution is 0.221. The molecule has 0 saturated carbocycles. The molecule has 146 valence electrons. The summed E-state index contributed by atoms with van der Waals surface area (Å²) in [5.41, 5.74) is 0. The van der Waals surface area contributed by atoms with Gasteiger partial charge in [0.15, 0.2) is 0 Å². The summed E-state index contributed by atoms with van der Waals surface area (Å²) in [6.45, 7) is 4.60. The fourth-order valence-corrected chi connectivity index (χ4v) is 2.61. The van der Waals surface area contributed by atoms with Gasteiger partial charge >= 0.3 is 8.25 Å². The van der Waals surface area contributed by atoms with Crippen molar-refractivity contribution in [1.29, 1.82) is 0 Å². The van der Waals surface area contributed by atoms with Crippen molar-refractivity contribution >= 4 is 8.25 Å². The summed E-state index contributed by atoms with van der Waals surface area (Å²) in [6, 6.07) is 0. The summed E-state index contributed by atoms with van der Waals surface area (Å²) in [5.74, 6) is 0.350. The summed E-state index contributed by atoms with van der Waals surface area (Å²) in [5, 5.41) is 0. The summed E-state index contributed by atoms with van der Waals surface area (Å²) in [6.07, 6.45) is 29.9. The van der Waals surface area contributed by atoms with E-state index in [9.17, 15) is 4.57 Å². The third-order valence-electron chi connectivity index (χ3n) is 3.90. The van der Waals surface area contributed by atoms with Crippen LogP contribution in [0.5, 0.6) is 0 Å². The minimum absolute atomic E-state index is 0.350. The van der Waals surface area contributed by atoms with Gasteiger partial charge in [-0.2, -0.15) is 0 Å². The molecule has 0 radical (unpaired) electrons. The van der Waals surface area contributed by atoms with Crippen LogP contribution in [-0.4, -0.2) is 11.5 Å². The van der Waals surface area contributed by atoms with Gasteiger partial charge in [-0.3, -0.25) is 0 Å². The molecule has 0 fully saturated rings. The van der Waals surface area contributed by atoms with Crippen molar-refractivity contribution in [3.05, 3.63) is 60.8 Å². The van der Waals surface area contributed by atoms with E-state index < -0.39 is 8.25 Å². The maximum Gasteiger partial charge on any atom is 0.694 e. The largest absolute Gasteiger partial charge is 0.694 e. The van der Waals surface area contributed by atoms with E-state index in [2.05, 4.69) is 74.6 Å². The molecule has 0 saturated heterocycles. The zero-order valence-corrected chi connectivity index (χ0v) is 17.3. The molecule has 0 aliphatic rings. The van der Waals surface area contributed by atoms with Gasteiger partial charge in [0.2, 0.25) is 0 Å². The Morgan fingerprint density at radius 1 is 0.808 bits per heavy atom. The van der Waals surface area contributed by atoms with Gasteiger partial charge in [-0.1, -0.05) is 81.0 Å². The predicted octanol–water partition coefficient (Wildman–Crippen LogP) is 7.21. The van der Waals surface area contributed by atoms with Gasteiger partial charge in [0.1, 0.15) is 6.61 Å². The van der Waals surface area contributed by atoms with Gasteiger partial charge in [-0.05, 0) is 50.9 Å². The van der Waals surface area contributed by atoms with Gasteiger partial charge in [0, 0.05) is 4.57 Å². The van der Waals surface area contributed by atoms with Crippen LogP contribution in [0, 0.1) is 5.92 Å². The van der Waals surface area contributed by atoms with E-state index in [-0.39, 0.29) is 0 Å². The monoisotopic (exact) mass is 379 g/mol. The lowest BCUT2D eigenvalue weighted by Crippen LogP contribution is -2.05. The molecule has 0 rings (SSSR count). The molecular weight excluding hydrogens is 343 g/mol. The molecule has 4 heteroatoms. The van der Waals surface area contributed by atoms with Gasteiger partial charge in [0.05, 0.1) is 0 Å². The van der Waals surface area contributed by atoms with Crippen LogP contribution in [0.25, 0.3) is 0 Å². The highest BCUT2D eigenvalue weighted by Crippen LogP contribution is 2.20. The van der Waals surface area contributed by atoms with Crippen molar-refractivity contribution in [3.8, 4) is 0 Å². The first kappa shape index (κ1) is 24.7. The Morgan fingerprint density at radius 2 is 1.27 bits per heavy atom. The molecule has 3 nitrogen and oxygen atoms in total. The van der Waals surface area contributed by atoms with Gasteiger partial charge in [-0.25, -0.2) is 0 Å². The molecule has 26 heavy (non-hydrogen) atoms. The second-order valence-corrected chi connectivity index (χ2v) is 6.83. The maximum atomic E-state index is 10.5. The Labute approximate surface area is 161 Å². The lowest BCUT2D eigenvalue weighted by Gasteiger charge is -2.08. The maximum absolute atomic E-state index is 10.5. The van der Waals surface area contributed by atoms with Gasteiger partial charge in [0.25, 0.3) is 0 Å². The van der Waals surface area contributed by atoms with E-state index in [0.29, 0.717) is 12.5 Å². The predicted molar refractivity (Wildman–Crippen MR) is 113 cm³/mol. The normalized spacial score (nSPS) is 14.7. The zero-order chi connectivity index (χ0) is 19.3. The Bertz CT molecular complexity index is 476. The van der Waals surface area contributed by atoms with Crippen molar-refractivity contribution in [2.45, 2.75) is 65.2 Å². The third-order valence-corrected chi connectivity index (χ3v) is 4.27. The second-order valence-electron chi connectivity index (χ2n) is 6.09. The van der Waals surface area contributed by atoms with Gasteiger partial charge < -0.3 is 0 Å². The molecule has 0 aliphatic carbocycles. The van der Waals surface area contributed by atoms with Crippen LogP contribution < -0.4 is 0 Å². The summed E-state index contributed by atoms with van der Waals surface area (Å²) < 4.78 is 15.3. The molecule has 0 spiro atoms. The zero-order valence-electron chi connectivity index (χ0n) is 16.4. The average Bonchev–Trinajstić information content (AvgIpc) is 2.63. The molecule has 0 aromatic carbocycles. The van der Waals surface area contributed by atoms with E-state index >= 15 is 0 Å². The van der Waals surface area contributed by atoms with E-state index in [1.165, 1.54) is 0 Å². The van der Waals surface area contributed by atoms with Crippen LogP contribution >= 0.6 is 8.25 Å². The minimum atomic E-state index is -2.47. The van der Waals surface area contributed by atoms with Crippen molar-refractivity contribution in [2.24, 2.45) is 5.92 Å². The highest BCUT2D eigenvalue weighted by atomic mass is 31.1. The molecule has 1 N–H and O–H groups in total. The molecule has 0 aromatic rings. The average molecular weight is 380 g/mol. The van der Waals surface area contributed by atoms with E-state index in [1.807, 2.05) is 0 Å². The Kier molecular flexibility index (Phi) is 19.1. The second kappa shape index (κ2) is 20.0. The summed E-state index contributed by atoms with van der Waals surface area (Å²) >= 11 is 0. The Morgan fingerprint density at radius 3 is 1.69 bits per heavy atom. The Hall–Kier alpha value is -1.28. The van der Waals surface area contributed by atoms with Crippen LogP contribution in [0.1, 0.15) is 65.2 Å². The van der Waals surface area contributed by atoms with Crippen LogP contribution in [-0.2, 0) is 9.09 Å². The highest BCUT2D eigenvalue weighted by molar-refractivity contribution is 7.32. The SMILES string of the molecule is CC/C=C\C/C=C\C/C=C\C/C=C\C/C=C\CCC(CC)CO[P+](=O)O. The molecule has 2 atom stereocenters. The minimum Gasteiger partial charge on any atom is -0.133 e. The Balaban J connectivity index is 3.64. The van der Waals surface area contributed by atoms with Crippen LogP contribution in [0.2, 0.25) is 0 Å². The van der Waals surface area contributed by atoms with Gasteiger partial charge in [-0.15, -0.1) is 9.42 Å². The fraction of sp³-hybridized carbons (Fsp3) is 0.545. The highest BCUT2D eigenvalue weighted by Gasteiger charge is 2.16. The van der Waals surface area contributed by atoms with Crippen molar-refractivity contribution < 1.29 is 14.0 Å². The number of hydrogen-bond acceptors (Lipinski definition) is 2. The van der Waals surface area contributed by atoms with E-state index in [0.717, 1.165) is 51.4 Å². The fourth-order valence-electron chi connectivity index (χ4n) is 2.27. The number of rotatable bonds is 16. The van der Waals surface area contributed by atoms with Crippen LogP contribution in [0.4, 0.5) is 0 Å². The first-order chi connectivity index (χ1) is 12.7. The van der Waals surface area contributed by atoms with E-state index in [1.54, 1.807) is 0 Å². The lowest BCUT2D eigenvalue weighted by atomic mass is 10.0. The topological polar surface area (TPSA) is 46.5 Å². The van der Waals surface area contributed by atoms with Crippen LogP contribution in [0.3, 0.4) is 0 Å².